The second-order valence-electron chi connectivity index (χ2n) is 4.20. The van der Waals surface area contributed by atoms with E-state index >= 15 is 0 Å². The molecule has 5 heteroatoms. The number of thiazole rings is 1. The minimum Gasteiger partial charge on any atom is -0.493 e. The molecule has 0 bridgehead atoms. The minimum atomic E-state index is 0.248. The van der Waals surface area contributed by atoms with Gasteiger partial charge in [-0.1, -0.05) is 6.07 Å². The van der Waals surface area contributed by atoms with Gasteiger partial charge in [-0.15, -0.1) is 11.3 Å². The molecule has 0 saturated carbocycles. The fraction of sp³-hybridized carbons (Fsp3) is 0.357. The fourth-order valence-corrected chi connectivity index (χ4v) is 2.75. The zero-order chi connectivity index (χ0) is 13.7. The lowest BCUT2D eigenvalue weighted by Gasteiger charge is -2.14. The number of methoxy groups -OCH3 is 2. The van der Waals surface area contributed by atoms with E-state index in [2.05, 4.69) is 4.98 Å². The van der Waals surface area contributed by atoms with Crippen molar-refractivity contribution in [3.8, 4) is 11.5 Å². The van der Waals surface area contributed by atoms with E-state index in [0.717, 1.165) is 22.9 Å². The Morgan fingerprint density at radius 3 is 2.63 bits per heavy atom. The number of nitrogens with zero attached hydrogens (tertiary/aromatic N) is 1. The van der Waals surface area contributed by atoms with Crippen LogP contribution in [0.2, 0.25) is 0 Å². The lowest BCUT2D eigenvalue weighted by Crippen LogP contribution is -2.14. The van der Waals surface area contributed by atoms with Crippen molar-refractivity contribution in [3.63, 3.8) is 0 Å². The van der Waals surface area contributed by atoms with E-state index in [9.17, 15) is 0 Å². The average molecular weight is 278 g/mol. The van der Waals surface area contributed by atoms with Crippen molar-refractivity contribution >= 4 is 11.3 Å². The highest BCUT2D eigenvalue weighted by Gasteiger charge is 2.14. The van der Waals surface area contributed by atoms with Crippen molar-refractivity contribution in [3.05, 3.63) is 40.3 Å². The molecule has 0 aliphatic heterocycles. The molecule has 1 aromatic carbocycles. The van der Waals surface area contributed by atoms with Crippen LogP contribution in [0.15, 0.2) is 29.8 Å². The summed E-state index contributed by atoms with van der Waals surface area (Å²) in [6, 6.07) is 5.95. The van der Waals surface area contributed by atoms with Crippen LogP contribution in [-0.4, -0.2) is 25.7 Å². The molecule has 1 heterocycles. The minimum absolute atomic E-state index is 0.248. The van der Waals surface area contributed by atoms with E-state index in [1.165, 1.54) is 5.56 Å². The molecule has 4 nitrogen and oxygen atoms in total. The summed E-state index contributed by atoms with van der Waals surface area (Å²) >= 11 is 1.65. The van der Waals surface area contributed by atoms with Gasteiger partial charge in [-0.05, 0) is 24.1 Å². The molecule has 1 aromatic heterocycles. The summed E-state index contributed by atoms with van der Waals surface area (Å²) < 4.78 is 10.5. The van der Waals surface area contributed by atoms with Crippen LogP contribution in [0.5, 0.6) is 11.5 Å². The fourth-order valence-electron chi connectivity index (χ4n) is 2.00. The third-order valence-electron chi connectivity index (χ3n) is 3.02. The number of hydrogen-bond donors (Lipinski definition) is 1. The van der Waals surface area contributed by atoms with Crippen LogP contribution in [0, 0.1) is 0 Å². The summed E-state index contributed by atoms with van der Waals surface area (Å²) in [6.45, 7) is 0.585. The zero-order valence-corrected chi connectivity index (χ0v) is 11.9. The van der Waals surface area contributed by atoms with Crippen LogP contribution < -0.4 is 15.2 Å². The largest absolute Gasteiger partial charge is 0.493 e. The summed E-state index contributed by atoms with van der Waals surface area (Å²) in [7, 11) is 3.28. The number of benzene rings is 1. The Hall–Kier alpha value is -1.59. The third kappa shape index (κ3) is 3.24. The summed E-state index contributed by atoms with van der Waals surface area (Å²) in [4.78, 5) is 4.34. The lowest BCUT2D eigenvalue weighted by atomic mass is 9.99. The van der Waals surface area contributed by atoms with Gasteiger partial charge in [0.05, 0.1) is 19.2 Å². The quantitative estimate of drug-likeness (QED) is 0.881. The van der Waals surface area contributed by atoms with Crippen LogP contribution >= 0.6 is 11.3 Å². The van der Waals surface area contributed by atoms with Gasteiger partial charge in [0.25, 0.3) is 0 Å². The van der Waals surface area contributed by atoms with Crippen LogP contribution in [-0.2, 0) is 6.42 Å². The van der Waals surface area contributed by atoms with Gasteiger partial charge in [0.1, 0.15) is 0 Å². The van der Waals surface area contributed by atoms with E-state index in [0.29, 0.717) is 6.54 Å². The molecule has 1 atom stereocenters. The molecule has 2 aromatic rings. The van der Waals surface area contributed by atoms with Gasteiger partial charge < -0.3 is 15.2 Å². The van der Waals surface area contributed by atoms with Crippen molar-refractivity contribution in [2.24, 2.45) is 5.73 Å². The number of nitrogens with two attached hydrogens (primary N) is 1. The van der Waals surface area contributed by atoms with Gasteiger partial charge in [-0.3, -0.25) is 0 Å². The average Bonchev–Trinajstić information content (AvgIpc) is 2.98. The van der Waals surface area contributed by atoms with E-state index in [4.69, 9.17) is 15.2 Å². The predicted octanol–water partition coefficient (Wildman–Crippen LogP) is 2.45. The first-order valence-electron chi connectivity index (χ1n) is 6.08. The highest BCUT2D eigenvalue weighted by Crippen LogP contribution is 2.30. The van der Waals surface area contributed by atoms with Crippen molar-refractivity contribution in [1.29, 1.82) is 0 Å². The van der Waals surface area contributed by atoms with Crippen LogP contribution in [0.1, 0.15) is 16.5 Å². The van der Waals surface area contributed by atoms with Crippen molar-refractivity contribution in [1.82, 2.24) is 4.98 Å². The Morgan fingerprint density at radius 1 is 1.26 bits per heavy atom. The topological polar surface area (TPSA) is 57.4 Å². The number of rotatable bonds is 6. The second kappa shape index (κ2) is 6.54. The molecule has 0 fully saturated rings. The molecule has 0 aliphatic rings. The van der Waals surface area contributed by atoms with E-state index in [-0.39, 0.29) is 5.92 Å². The molecule has 1 unspecified atom stereocenters. The van der Waals surface area contributed by atoms with Crippen LogP contribution in [0.3, 0.4) is 0 Å². The molecule has 2 N–H and O–H groups in total. The van der Waals surface area contributed by atoms with Crippen LogP contribution in [0.25, 0.3) is 0 Å². The maximum absolute atomic E-state index is 5.85. The summed E-state index contributed by atoms with van der Waals surface area (Å²) in [5.41, 5.74) is 7.02. The molecular weight excluding hydrogens is 260 g/mol. The SMILES string of the molecule is COc1ccc(CC(CN)c2nccs2)cc1OC. The van der Waals surface area contributed by atoms with E-state index < -0.39 is 0 Å². The first kappa shape index (κ1) is 13.8. The first-order chi connectivity index (χ1) is 9.28. The van der Waals surface area contributed by atoms with Crippen LogP contribution in [0.4, 0.5) is 0 Å². The normalized spacial score (nSPS) is 12.2. The molecule has 2 rings (SSSR count). The van der Waals surface area contributed by atoms with E-state index in [1.54, 1.807) is 25.6 Å². The van der Waals surface area contributed by atoms with Gasteiger partial charge in [-0.2, -0.15) is 0 Å². The Morgan fingerprint density at radius 2 is 2.05 bits per heavy atom. The molecule has 0 saturated heterocycles. The molecule has 19 heavy (non-hydrogen) atoms. The number of ether oxygens (including phenoxy) is 2. The smallest absolute Gasteiger partial charge is 0.160 e. The third-order valence-corrected chi connectivity index (χ3v) is 3.95. The van der Waals surface area contributed by atoms with Gasteiger partial charge in [0.15, 0.2) is 11.5 Å². The predicted molar refractivity (Wildman–Crippen MR) is 77.2 cm³/mol. The van der Waals surface area contributed by atoms with Crippen molar-refractivity contribution < 1.29 is 9.47 Å². The lowest BCUT2D eigenvalue weighted by molar-refractivity contribution is 0.354. The number of hydrogen-bond acceptors (Lipinski definition) is 5. The van der Waals surface area contributed by atoms with E-state index in [1.807, 2.05) is 29.8 Å². The molecule has 102 valence electrons. The van der Waals surface area contributed by atoms with Gasteiger partial charge in [0.2, 0.25) is 0 Å². The van der Waals surface area contributed by atoms with Gasteiger partial charge in [-0.25, -0.2) is 4.98 Å². The highest BCUT2D eigenvalue weighted by atomic mass is 32.1. The van der Waals surface area contributed by atoms with Gasteiger partial charge >= 0.3 is 0 Å². The maximum Gasteiger partial charge on any atom is 0.160 e. The van der Waals surface area contributed by atoms with Gasteiger partial charge in [0, 0.05) is 24.0 Å². The Bertz CT molecular complexity index is 514. The highest BCUT2D eigenvalue weighted by molar-refractivity contribution is 7.09. The standard InChI is InChI=1S/C14H18N2O2S/c1-17-12-4-3-10(8-13(12)18-2)7-11(9-15)14-16-5-6-19-14/h3-6,8,11H,7,9,15H2,1-2H3. The molecule has 0 aliphatic carbocycles. The van der Waals surface area contributed by atoms with Crippen molar-refractivity contribution in [2.75, 3.05) is 20.8 Å². The number of aromatic nitrogens is 1. The maximum atomic E-state index is 5.85. The Kier molecular flexibility index (Phi) is 4.76. The van der Waals surface area contributed by atoms with Crippen molar-refractivity contribution in [2.45, 2.75) is 12.3 Å². The Balaban J connectivity index is 2.18. The molecule has 0 radical (unpaired) electrons. The summed E-state index contributed by atoms with van der Waals surface area (Å²) in [5.74, 6) is 1.73. The Labute approximate surface area is 117 Å². The first-order valence-corrected chi connectivity index (χ1v) is 6.96. The summed E-state index contributed by atoms with van der Waals surface area (Å²) in [5, 5.41) is 3.06. The second-order valence-corrected chi connectivity index (χ2v) is 5.12. The summed E-state index contributed by atoms with van der Waals surface area (Å²) in [6.07, 6.45) is 2.67. The molecular formula is C14H18N2O2S. The molecule has 0 amide bonds. The monoisotopic (exact) mass is 278 g/mol. The molecule has 0 spiro atoms. The zero-order valence-electron chi connectivity index (χ0n) is 11.1.